The summed E-state index contributed by atoms with van der Waals surface area (Å²) in [4.78, 5) is 7.17. The first-order valence-corrected chi connectivity index (χ1v) is 5.50. The number of nitrogens with one attached hydrogen (secondary N) is 2. The van der Waals surface area contributed by atoms with Crippen LogP contribution < -0.4 is 5.32 Å². The van der Waals surface area contributed by atoms with Crippen LogP contribution in [0.4, 0.5) is 5.82 Å². The topological polar surface area (TPSA) is 40.7 Å². The monoisotopic (exact) mass is 231 g/mol. The number of hydrogen-bond acceptors (Lipinski definition) is 3. The maximum atomic E-state index is 5.01. The molecular formula is C12H13N3S. The van der Waals surface area contributed by atoms with Gasteiger partial charge in [0.1, 0.15) is 5.82 Å². The fraction of sp³-hybridized carbons (Fsp3) is 0.167. The van der Waals surface area contributed by atoms with Crippen molar-refractivity contribution in [1.82, 2.24) is 9.97 Å². The van der Waals surface area contributed by atoms with Crippen LogP contribution in [-0.2, 0) is 6.54 Å². The molecule has 0 atom stereocenters. The molecule has 2 aromatic rings. The third-order valence-corrected chi connectivity index (χ3v) is 2.39. The van der Waals surface area contributed by atoms with Crippen LogP contribution >= 0.6 is 12.2 Å². The normalized spacial score (nSPS) is 10.1. The van der Waals surface area contributed by atoms with E-state index in [0.717, 1.165) is 18.1 Å². The molecule has 1 aromatic carbocycles. The summed E-state index contributed by atoms with van der Waals surface area (Å²) in [5.74, 6) is 0.810. The third kappa shape index (κ3) is 2.90. The standard InChI is InChI=1S/C12H13N3S/c1-9-7-11(15-12(16)14-9)13-8-10-5-3-2-4-6-10/h2-7H,8H2,1H3,(H2,13,14,15,16). The summed E-state index contributed by atoms with van der Waals surface area (Å²) in [5, 5.41) is 3.24. The van der Waals surface area contributed by atoms with E-state index in [0.29, 0.717) is 4.77 Å². The molecule has 0 radical (unpaired) electrons. The van der Waals surface area contributed by atoms with Gasteiger partial charge in [0, 0.05) is 12.2 Å². The van der Waals surface area contributed by atoms with Gasteiger partial charge in [-0.05, 0) is 30.8 Å². The number of aryl methyl sites for hydroxylation is 1. The van der Waals surface area contributed by atoms with Gasteiger partial charge in [0.2, 0.25) is 0 Å². The van der Waals surface area contributed by atoms with Crippen molar-refractivity contribution in [3.8, 4) is 0 Å². The number of anilines is 1. The molecule has 0 bridgehead atoms. The summed E-state index contributed by atoms with van der Waals surface area (Å²) in [6.07, 6.45) is 0. The molecule has 82 valence electrons. The molecule has 0 spiro atoms. The average molecular weight is 231 g/mol. The minimum atomic E-state index is 0.510. The Hall–Kier alpha value is -1.68. The van der Waals surface area contributed by atoms with E-state index in [4.69, 9.17) is 12.2 Å². The number of benzene rings is 1. The lowest BCUT2D eigenvalue weighted by Gasteiger charge is -2.06. The summed E-state index contributed by atoms with van der Waals surface area (Å²) >= 11 is 5.01. The molecule has 0 aliphatic carbocycles. The smallest absolute Gasteiger partial charge is 0.198 e. The Morgan fingerprint density at radius 3 is 2.75 bits per heavy atom. The second-order valence-corrected chi connectivity index (χ2v) is 3.98. The number of aromatic nitrogens is 2. The maximum absolute atomic E-state index is 5.01. The Labute approximate surface area is 99.6 Å². The van der Waals surface area contributed by atoms with E-state index in [9.17, 15) is 0 Å². The van der Waals surface area contributed by atoms with E-state index in [2.05, 4.69) is 27.4 Å². The number of hydrogen-bond donors (Lipinski definition) is 2. The number of H-pyrrole nitrogens is 1. The van der Waals surface area contributed by atoms with Crippen molar-refractivity contribution in [3.63, 3.8) is 0 Å². The lowest BCUT2D eigenvalue weighted by atomic mass is 10.2. The van der Waals surface area contributed by atoms with Gasteiger partial charge in [0.25, 0.3) is 0 Å². The first-order chi connectivity index (χ1) is 7.74. The number of rotatable bonds is 3. The molecule has 0 saturated carbocycles. The van der Waals surface area contributed by atoms with Crippen LogP contribution in [0.5, 0.6) is 0 Å². The van der Waals surface area contributed by atoms with Crippen LogP contribution in [0.2, 0.25) is 0 Å². The van der Waals surface area contributed by atoms with Crippen LogP contribution in [0.3, 0.4) is 0 Å². The molecule has 0 aliphatic rings. The molecule has 4 heteroatoms. The van der Waals surface area contributed by atoms with Crippen molar-refractivity contribution in [1.29, 1.82) is 0 Å². The second kappa shape index (κ2) is 4.90. The first kappa shape index (κ1) is 10.8. The van der Waals surface area contributed by atoms with Crippen LogP contribution in [-0.4, -0.2) is 9.97 Å². The zero-order valence-electron chi connectivity index (χ0n) is 9.03. The van der Waals surface area contributed by atoms with E-state index < -0.39 is 0 Å². The molecule has 2 N–H and O–H groups in total. The Morgan fingerprint density at radius 1 is 1.31 bits per heavy atom. The van der Waals surface area contributed by atoms with Crippen LogP contribution in [0, 0.1) is 11.7 Å². The van der Waals surface area contributed by atoms with Gasteiger partial charge in [-0.1, -0.05) is 30.3 Å². The van der Waals surface area contributed by atoms with Gasteiger partial charge in [-0.15, -0.1) is 0 Å². The van der Waals surface area contributed by atoms with Gasteiger partial charge in [0.15, 0.2) is 4.77 Å². The Morgan fingerprint density at radius 2 is 2.06 bits per heavy atom. The molecule has 0 saturated heterocycles. The van der Waals surface area contributed by atoms with Gasteiger partial charge >= 0.3 is 0 Å². The Bertz CT molecular complexity index is 519. The van der Waals surface area contributed by atoms with Crippen LogP contribution in [0.25, 0.3) is 0 Å². The van der Waals surface area contributed by atoms with E-state index in [1.54, 1.807) is 0 Å². The van der Waals surface area contributed by atoms with Crippen molar-refractivity contribution in [2.45, 2.75) is 13.5 Å². The first-order valence-electron chi connectivity index (χ1n) is 5.10. The predicted octanol–water partition coefficient (Wildman–Crippen LogP) is 3.06. The summed E-state index contributed by atoms with van der Waals surface area (Å²) in [6, 6.07) is 12.1. The Balaban J connectivity index is 2.08. The van der Waals surface area contributed by atoms with Crippen LogP contribution in [0.15, 0.2) is 36.4 Å². The van der Waals surface area contributed by atoms with E-state index in [1.807, 2.05) is 31.2 Å². The quantitative estimate of drug-likeness (QED) is 0.798. The second-order valence-electron chi connectivity index (χ2n) is 3.59. The van der Waals surface area contributed by atoms with E-state index >= 15 is 0 Å². The lowest BCUT2D eigenvalue weighted by Crippen LogP contribution is -2.02. The Kier molecular flexibility index (Phi) is 3.31. The lowest BCUT2D eigenvalue weighted by molar-refractivity contribution is 1.04. The highest BCUT2D eigenvalue weighted by Gasteiger charge is 1.96. The van der Waals surface area contributed by atoms with E-state index in [-0.39, 0.29) is 0 Å². The summed E-state index contributed by atoms with van der Waals surface area (Å²) in [6.45, 7) is 2.72. The molecule has 0 fully saturated rings. The molecule has 0 unspecified atom stereocenters. The highest BCUT2D eigenvalue weighted by molar-refractivity contribution is 7.71. The SMILES string of the molecule is Cc1cc(NCc2ccccc2)nc(=S)[nH]1. The van der Waals surface area contributed by atoms with Crippen molar-refractivity contribution >= 4 is 18.0 Å². The van der Waals surface area contributed by atoms with Crippen molar-refractivity contribution in [3.05, 3.63) is 52.4 Å². The van der Waals surface area contributed by atoms with Crippen LogP contribution in [0.1, 0.15) is 11.3 Å². The highest BCUT2D eigenvalue weighted by atomic mass is 32.1. The molecule has 1 heterocycles. The molecule has 0 aliphatic heterocycles. The van der Waals surface area contributed by atoms with Gasteiger partial charge in [0.05, 0.1) is 0 Å². The minimum Gasteiger partial charge on any atom is -0.366 e. The number of nitrogens with zero attached hydrogens (tertiary/aromatic N) is 1. The fourth-order valence-electron chi connectivity index (χ4n) is 1.46. The average Bonchev–Trinajstić information content (AvgIpc) is 2.27. The maximum Gasteiger partial charge on any atom is 0.198 e. The van der Waals surface area contributed by atoms with Crippen molar-refractivity contribution in [2.24, 2.45) is 0 Å². The summed E-state index contributed by atoms with van der Waals surface area (Å²) < 4.78 is 0.510. The molecular weight excluding hydrogens is 218 g/mol. The number of aromatic amines is 1. The van der Waals surface area contributed by atoms with E-state index in [1.165, 1.54) is 5.56 Å². The largest absolute Gasteiger partial charge is 0.366 e. The zero-order valence-corrected chi connectivity index (χ0v) is 9.84. The fourth-order valence-corrected chi connectivity index (χ4v) is 1.72. The highest BCUT2D eigenvalue weighted by Crippen LogP contribution is 2.06. The van der Waals surface area contributed by atoms with Crippen molar-refractivity contribution in [2.75, 3.05) is 5.32 Å². The molecule has 2 rings (SSSR count). The summed E-state index contributed by atoms with van der Waals surface area (Å²) in [7, 11) is 0. The van der Waals surface area contributed by atoms with Gasteiger partial charge in [-0.25, -0.2) is 4.98 Å². The van der Waals surface area contributed by atoms with Gasteiger partial charge in [-0.2, -0.15) is 0 Å². The molecule has 3 nitrogen and oxygen atoms in total. The molecule has 0 amide bonds. The molecule has 1 aromatic heterocycles. The van der Waals surface area contributed by atoms with Gasteiger partial charge < -0.3 is 10.3 Å². The minimum absolute atomic E-state index is 0.510. The van der Waals surface area contributed by atoms with Gasteiger partial charge in [-0.3, -0.25) is 0 Å². The third-order valence-electron chi connectivity index (χ3n) is 2.20. The molecule has 16 heavy (non-hydrogen) atoms. The predicted molar refractivity (Wildman–Crippen MR) is 67.9 cm³/mol. The summed E-state index contributed by atoms with van der Waals surface area (Å²) in [5.41, 5.74) is 2.23. The zero-order chi connectivity index (χ0) is 11.4. The van der Waals surface area contributed by atoms with Crippen molar-refractivity contribution < 1.29 is 0 Å².